The fourth-order valence-electron chi connectivity index (χ4n) is 3.38. The number of benzene rings is 2. The van der Waals surface area contributed by atoms with E-state index in [-0.39, 0.29) is 19.2 Å². The molecule has 2 aromatic carbocycles. The molecule has 0 radical (unpaired) electrons. The van der Waals surface area contributed by atoms with Gasteiger partial charge < -0.3 is 25.2 Å². The zero-order valence-corrected chi connectivity index (χ0v) is 15.3. The molecule has 0 aromatic heterocycles. The van der Waals surface area contributed by atoms with Gasteiger partial charge in [-0.3, -0.25) is 9.59 Å². The maximum Gasteiger partial charge on any atom is 0.245 e. The highest BCUT2D eigenvalue weighted by atomic mass is 16.7. The van der Waals surface area contributed by atoms with Crippen molar-refractivity contribution in [2.75, 3.05) is 13.4 Å². The van der Waals surface area contributed by atoms with Gasteiger partial charge in [0, 0.05) is 6.54 Å². The van der Waals surface area contributed by atoms with E-state index < -0.39 is 24.0 Å². The van der Waals surface area contributed by atoms with Crippen molar-refractivity contribution >= 4 is 11.8 Å². The Labute approximate surface area is 162 Å². The predicted molar refractivity (Wildman–Crippen MR) is 101 cm³/mol. The molecule has 2 aromatic rings. The fraction of sp³-hybridized carbons (Fsp3) is 0.333. The first kappa shape index (κ1) is 18.3. The molecule has 0 bridgehead atoms. The lowest BCUT2D eigenvalue weighted by molar-refractivity contribution is -0.131. The number of amides is 2. The van der Waals surface area contributed by atoms with Crippen LogP contribution in [0.5, 0.6) is 11.5 Å². The summed E-state index contributed by atoms with van der Waals surface area (Å²) in [4.78, 5) is 25.2. The van der Waals surface area contributed by atoms with Crippen molar-refractivity contribution in [3.8, 4) is 11.5 Å². The summed E-state index contributed by atoms with van der Waals surface area (Å²) in [5, 5.41) is 15.1. The highest BCUT2D eigenvalue weighted by Gasteiger charge is 2.51. The van der Waals surface area contributed by atoms with Gasteiger partial charge in [-0.15, -0.1) is 0 Å². The Balaban J connectivity index is 1.36. The lowest BCUT2D eigenvalue weighted by Gasteiger charge is -2.21. The van der Waals surface area contributed by atoms with E-state index in [9.17, 15) is 14.7 Å². The number of fused-ring (bicyclic) bond motifs is 1. The van der Waals surface area contributed by atoms with E-state index in [1.54, 1.807) is 12.1 Å². The molecule has 1 saturated carbocycles. The van der Waals surface area contributed by atoms with Gasteiger partial charge in [0.1, 0.15) is 6.04 Å². The Kier molecular flexibility index (Phi) is 4.92. The molecule has 1 atom stereocenters. The van der Waals surface area contributed by atoms with Crippen LogP contribution in [0.4, 0.5) is 0 Å². The van der Waals surface area contributed by atoms with Gasteiger partial charge in [0.2, 0.25) is 18.6 Å². The Morgan fingerprint density at radius 1 is 1.07 bits per heavy atom. The SMILES string of the molecule is O=C(NCc1ccc2c(c1)OCO2)[C@H](CO)NC(=O)C1(c2ccccc2)CC1. The second-order valence-corrected chi connectivity index (χ2v) is 7.06. The van der Waals surface area contributed by atoms with E-state index >= 15 is 0 Å². The molecule has 1 fully saturated rings. The van der Waals surface area contributed by atoms with Crippen molar-refractivity contribution in [1.29, 1.82) is 0 Å². The zero-order chi connectivity index (χ0) is 19.6. The topological polar surface area (TPSA) is 96.9 Å². The second kappa shape index (κ2) is 7.52. The van der Waals surface area contributed by atoms with Crippen LogP contribution in [0.3, 0.4) is 0 Å². The molecule has 0 spiro atoms. The van der Waals surface area contributed by atoms with Crippen LogP contribution >= 0.6 is 0 Å². The van der Waals surface area contributed by atoms with Gasteiger partial charge in [-0.05, 0) is 36.1 Å². The number of ether oxygens (including phenoxy) is 2. The average Bonchev–Trinajstić information content (AvgIpc) is 3.42. The number of hydrogen-bond donors (Lipinski definition) is 3. The summed E-state index contributed by atoms with van der Waals surface area (Å²) in [7, 11) is 0. The van der Waals surface area contributed by atoms with E-state index in [4.69, 9.17) is 9.47 Å². The quantitative estimate of drug-likeness (QED) is 0.670. The van der Waals surface area contributed by atoms with Gasteiger partial charge in [0.25, 0.3) is 0 Å². The summed E-state index contributed by atoms with van der Waals surface area (Å²) in [6.45, 7) is -0.0256. The van der Waals surface area contributed by atoms with E-state index in [1.807, 2.05) is 36.4 Å². The van der Waals surface area contributed by atoms with Crippen molar-refractivity contribution in [2.24, 2.45) is 0 Å². The third-order valence-electron chi connectivity index (χ3n) is 5.22. The summed E-state index contributed by atoms with van der Waals surface area (Å²) in [5.41, 5.74) is 1.18. The minimum Gasteiger partial charge on any atom is -0.454 e. The number of rotatable bonds is 7. The highest BCUT2D eigenvalue weighted by molar-refractivity contribution is 5.95. The molecule has 2 aliphatic rings. The molecular formula is C21H22N2O5. The minimum absolute atomic E-state index is 0.187. The van der Waals surface area contributed by atoms with Crippen molar-refractivity contribution in [3.05, 3.63) is 59.7 Å². The van der Waals surface area contributed by atoms with Gasteiger partial charge in [-0.1, -0.05) is 36.4 Å². The molecule has 1 aliphatic heterocycles. The third kappa shape index (κ3) is 3.53. The van der Waals surface area contributed by atoms with Crippen LogP contribution in [0.25, 0.3) is 0 Å². The van der Waals surface area contributed by atoms with Crippen molar-refractivity contribution < 1.29 is 24.2 Å². The van der Waals surface area contributed by atoms with Crippen molar-refractivity contribution in [3.63, 3.8) is 0 Å². The van der Waals surface area contributed by atoms with Gasteiger partial charge in [-0.25, -0.2) is 0 Å². The van der Waals surface area contributed by atoms with Gasteiger partial charge in [0.15, 0.2) is 11.5 Å². The summed E-state index contributed by atoms with van der Waals surface area (Å²) in [6, 6.07) is 13.9. The highest BCUT2D eigenvalue weighted by Crippen LogP contribution is 2.48. The Hall–Kier alpha value is -3.06. The molecule has 0 unspecified atom stereocenters. The van der Waals surface area contributed by atoms with E-state index in [1.165, 1.54) is 0 Å². The molecule has 4 rings (SSSR count). The van der Waals surface area contributed by atoms with Crippen LogP contribution in [0.15, 0.2) is 48.5 Å². The van der Waals surface area contributed by atoms with E-state index in [2.05, 4.69) is 10.6 Å². The van der Waals surface area contributed by atoms with Crippen LogP contribution in [-0.4, -0.2) is 36.4 Å². The zero-order valence-electron chi connectivity index (χ0n) is 15.3. The van der Waals surface area contributed by atoms with Crippen molar-refractivity contribution in [1.82, 2.24) is 10.6 Å². The second-order valence-electron chi connectivity index (χ2n) is 7.06. The van der Waals surface area contributed by atoms with Crippen LogP contribution in [0, 0.1) is 0 Å². The molecule has 1 heterocycles. The summed E-state index contributed by atoms with van der Waals surface area (Å²) < 4.78 is 10.6. The molecular weight excluding hydrogens is 360 g/mol. The van der Waals surface area contributed by atoms with E-state index in [0.717, 1.165) is 24.0 Å². The Bertz CT molecular complexity index is 880. The monoisotopic (exact) mass is 382 g/mol. The molecule has 7 heteroatoms. The Morgan fingerprint density at radius 2 is 1.82 bits per heavy atom. The van der Waals surface area contributed by atoms with Crippen LogP contribution in [-0.2, 0) is 21.5 Å². The first-order valence-corrected chi connectivity index (χ1v) is 9.26. The largest absolute Gasteiger partial charge is 0.454 e. The number of aliphatic hydroxyl groups excluding tert-OH is 1. The third-order valence-corrected chi connectivity index (χ3v) is 5.22. The average molecular weight is 382 g/mol. The lowest BCUT2D eigenvalue weighted by atomic mass is 9.94. The normalized spacial score (nSPS) is 16.9. The molecule has 0 saturated heterocycles. The number of carbonyl (C=O) groups excluding carboxylic acids is 2. The van der Waals surface area contributed by atoms with Crippen LogP contribution in [0.1, 0.15) is 24.0 Å². The van der Waals surface area contributed by atoms with Crippen LogP contribution < -0.4 is 20.1 Å². The summed E-state index contributed by atoms with van der Waals surface area (Å²) >= 11 is 0. The lowest BCUT2D eigenvalue weighted by Crippen LogP contribution is -2.51. The Morgan fingerprint density at radius 3 is 2.54 bits per heavy atom. The van der Waals surface area contributed by atoms with Gasteiger partial charge >= 0.3 is 0 Å². The maximum absolute atomic E-state index is 12.8. The molecule has 28 heavy (non-hydrogen) atoms. The number of aliphatic hydroxyl groups is 1. The number of nitrogens with one attached hydrogen (secondary N) is 2. The number of carbonyl (C=O) groups is 2. The smallest absolute Gasteiger partial charge is 0.245 e. The van der Waals surface area contributed by atoms with Gasteiger partial charge in [0.05, 0.1) is 12.0 Å². The van der Waals surface area contributed by atoms with E-state index in [0.29, 0.717) is 11.5 Å². The van der Waals surface area contributed by atoms with Crippen LogP contribution in [0.2, 0.25) is 0 Å². The first-order valence-electron chi connectivity index (χ1n) is 9.26. The molecule has 2 amide bonds. The number of hydrogen-bond acceptors (Lipinski definition) is 5. The molecule has 7 nitrogen and oxygen atoms in total. The standard InChI is InChI=1S/C21H22N2O5/c24-12-16(23-20(26)21(8-9-21)15-4-2-1-3-5-15)19(25)22-11-14-6-7-17-18(10-14)28-13-27-17/h1-7,10,16,24H,8-9,11-13H2,(H,22,25)(H,23,26)/t16-/m0/s1. The molecule has 146 valence electrons. The molecule has 3 N–H and O–H groups in total. The first-order chi connectivity index (χ1) is 13.6. The maximum atomic E-state index is 12.8. The minimum atomic E-state index is -0.998. The molecule has 1 aliphatic carbocycles. The summed E-state index contributed by atoms with van der Waals surface area (Å²) in [5.74, 6) is 0.650. The van der Waals surface area contributed by atoms with Crippen molar-refractivity contribution in [2.45, 2.75) is 30.8 Å². The predicted octanol–water partition coefficient (Wildman–Crippen LogP) is 1.24. The summed E-state index contributed by atoms with van der Waals surface area (Å²) in [6.07, 6.45) is 1.47. The fourth-order valence-corrected chi connectivity index (χ4v) is 3.38. The van der Waals surface area contributed by atoms with Gasteiger partial charge in [-0.2, -0.15) is 0 Å².